The Morgan fingerprint density at radius 1 is 1.00 bits per heavy atom. The topological polar surface area (TPSA) is 46.5 Å². The van der Waals surface area contributed by atoms with Crippen LogP contribution in [0.15, 0.2) is 60.7 Å². The van der Waals surface area contributed by atoms with Crippen molar-refractivity contribution in [2.45, 2.75) is 19.1 Å². The lowest BCUT2D eigenvalue weighted by Crippen LogP contribution is -2.19. The summed E-state index contributed by atoms with van der Waals surface area (Å²) in [5.74, 6) is -0.0681. The van der Waals surface area contributed by atoms with E-state index in [0.29, 0.717) is 12.2 Å². The molecule has 0 amide bonds. The van der Waals surface area contributed by atoms with Gasteiger partial charge in [0.15, 0.2) is 5.78 Å². The minimum Gasteiger partial charge on any atom is -0.390 e. The van der Waals surface area contributed by atoms with Gasteiger partial charge in [0.25, 0.3) is 0 Å². The van der Waals surface area contributed by atoms with Crippen LogP contribution in [0.3, 0.4) is 0 Å². The van der Waals surface area contributed by atoms with Crippen LogP contribution in [0.4, 0.5) is 0 Å². The van der Waals surface area contributed by atoms with Gasteiger partial charge in [-0.05, 0) is 5.56 Å². The average molecular weight is 270 g/mol. The number of benzene rings is 2. The van der Waals surface area contributed by atoms with Crippen LogP contribution in [-0.2, 0) is 11.3 Å². The first-order chi connectivity index (χ1) is 9.75. The van der Waals surface area contributed by atoms with Gasteiger partial charge in [-0.1, -0.05) is 60.7 Å². The highest BCUT2D eigenvalue weighted by atomic mass is 16.5. The Bertz CT molecular complexity index is 522. The highest BCUT2D eigenvalue weighted by Gasteiger charge is 2.12. The number of carbonyl (C=O) groups is 1. The number of aliphatic hydroxyl groups excluding tert-OH is 1. The third-order valence-corrected chi connectivity index (χ3v) is 2.94. The number of hydrogen-bond donors (Lipinski definition) is 1. The Labute approximate surface area is 118 Å². The van der Waals surface area contributed by atoms with Crippen LogP contribution >= 0.6 is 0 Å². The fourth-order valence-corrected chi connectivity index (χ4v) is 1.90. The zero-order valence-corrected chi connectivity index (χ0v) is 11.2. The molecule has 0 radical (unpaired) electrons. The van der Waals surface area contributed by atoms with Crippen molar-refractivity contribution >= 4 is 5.78 Å². The Kier molecular flexibility index (Phi) is 5.47. The average Bonchev–Trinajstić information content (AvgIpc) is 2.49. The van der Waals surface area contributed by atoms with Gasteiger partial charge in [-0.15, -0.1) is 0 Å². The third kappa shape index (κ3) is 4.61. The van der Waals surface area contributed by atoms with E-state index in [4.69, 9.17) is 4.74 Å². The fraction of sp³-hybridized carbons (Fsp3) is 0.235. The summed E-state index contributed by atoms with van der Waals surface area (Å²) in [4.78, 5) is 11.9. The van der Waals surface area contributed by atoms with Gasteiger partial charge in [-0.3, -0.25) is 4.79 Å². The molecule has 104 valence electrons. The van der Waals surface area contributed by atoms with Gasteiger partial charge in [0.1, 0.15) is 0 Å². The lowest BCUT2D eigenvalue weighted by Gasteiger charge is -2.10. The van der Waals surface area contributed by atoms with E-state index >= 15 is 0 Å². The Morgan fingerprint density at radius 2 is 1.60 bits per heavy atom. The maximum atomic E-state index is 11.9. The van der Waals surface area contributed by atoms with Gasteiger partial charge in [-0.2, -0.15) is 0 Å². The molecule has 0 heterocycles. The monoisotopic (exact) mass is 270 g/mol. The summed E-state index contributed by atoms with van der Waals surface area (Å²) < 4.78 is 5.42. The van der Waals surface area contributed by atoms with Crippen molar-refractivity contribution in [1.29, 1.82) is 0 Å². The summed E-state index contributed by atoms with van der Waals surface area (Å²) in [6.45, 7) is 0.602. The van der Waals surface area contributed by atoms with Crippen LogP contribution in [0, 0.1) is 0 Å². The van der Waals surface area contributed by atoms with E-state index in [0.717, 1.165) is 5.56 Å². The summed E-state index contributed by atoms with van der Waals surface area (Å²) in [6, 6.07) is 18.7. The Morgan fingerprint density at radius 3 is 2.25 bits per heavy atom. The molecular formula is C17H18O3. The normalized spacial score (nSPS) is 12.1. The molecule has 1 N–H and O–H groups in total. The second-order valence-electron chi connectivity index (χ2n) is 4.65. The predicted octanol–water partition coefficient (Wildman–Crippen LogP) is 2.84. The van der Waals surface area contributed by atoms with E-state index in [1.807, 2.05) is 48.5 Å². The minimum atomic E-state index is -0.772. The lowest BCUT2D eigenvalue weighted by molar-refractivity contribution is 0.0247. The maximum Gasteiger partial charge on any atom is 0.165 e. The van der Waals surface area contributed by atoms with E-state index in [1.165, 1.54) is 0 Å². The summed E-state index contributed by atoms with van der Waals surface area (Å²) in [5, 5.41) is 9.81. The van der Waals surface area contributed by atoms with Crippen molar-refractivity contribution in [3.8, 4) is 0 Å². The first-order valence-corrected chi connectivity index (χ1v) is 6.63. The van der Waals surface area contributed by atoms with Crippen molar-refractivity contribution in [2.75, 3.05) is 6.61 Å². The van der Waals surface area contributed by atoms with Crippen molar-refractivity contribution in [3.05, 3.63) is 71.8 Å². The van der Waals surface area contributed by atoms with Gasteiger partial charge >= 0.3 is 0 Å². The van der Waals surface area contributed by atoms with E-state index in [2.05, 4.69) is 0 Å². The third-order valence-electron chi connectivity index (χ3n) is 2.94. The highest BCUT2D eigenvalue weighted by Crippen LogP contribution is 2.07. The van der Waals surface area contributed by atoms with Gasteiger partial charge in [0, 0.05) is 12.0 Å². The summed E-state index contributed by atoms with van der Waals surface area (Å²) in [7, 11) is 0. The minimum absolute atomic E-state index is 0.0681. The number of carbonyl (C=O) groups excluding carboxylic acids is 1. The molecule has 0 aliphatic heterocycles. The van der Waals surface area contributed by atoms with E-state index in [1.54, 1.807) is 12.1 Å². The van der Waals surface area contributed by atoms with Gasteiger partial charge in [0.2, 0.25) is 0 Å². The first kappa shape index (κ1) is 14.4. The molecule has 1 atom stereocenters. The number of ketones is 1. The highest BCUT2D eigenvalue weighted by molar-refractivity contribution is 5.96. The van der Waals surface area contributed by atoms with Crippen molar-refractivity contribution in [3.63, 3.8) is 0 Å². The molecule has 3 nitrogen and oxygen atoms in total. The molecule has 0 fully saturated rings. The Balaban J connectivity index is 1.73. The largest absolute Gasteiger partial charge is 0.390 e. The molecule has 0 aliphatic rings. The number of ether oxygens (including phenoxy) is 1. The van der Waals surface area contributed by atoms with Crippen molar-refractivity contribution in [1.82, 2.24) is 0 Å². The van der Waals surface area contributed by atoms with Gasteiger partial charge in [0.05, 0.1) is 19.3 Å². The molecule has 0 bridgehead atoms. The second kappa shape index (κ2) is 7.58. The zero-order valence-electron chi connectivity index (χ0n) is 11.2. The summed E-state index contributed by atoms with van der Waals surface area (Å²) in [5.41, 5.74) is 1.67. The van der Waals surface area contributed by atoms with Crippen LogP contribution in [0.2, 0.25) is 0 Å². The molecule has 2 aromatic rings. The Hall–Kier alpha value is -1.97. The van der Waals surface area contributed by atoms with Crippen LogP contribution in [0.5, 0.6) is 0 Å². The molecule has 0 saturated carbocycles. The quantitative estimate of drug-likeness (QED) is 0.787. The molecule has 0 spiro atoms. The van der Waals surface area contributed by atoms with Crippen molar-refractivity contribution in [2.24, 2.45) is 0 Å². The zero-order chi connectivity index (χ0) is 14.2. The molecule has 0 saturated heterocycles. The summed E-state index contributed by atoms with van der Waals surface area (Å²) in [6.07, 6.45) is -0.690. The van der Waals surface area contributed by atoms with Crippen molar-refractivity contribution < 1.29 is 14.6 Å². The number of rotatable bonds is 7. The molecule has 0 aliphatic carbocycles. The van der Waals surface area contributed by atoms with Crippen LogP contribution in [0.1, 0.15) is 22.3 Å². The number of hydrogen-bond acceptors (Lipinski definition) is 3. The molecule has 0 aromatic heterocycles. The van der Waals surface area contributed by atoms with E-state index in [-0.39, 0.29) is 18.8 Å². The SMILES string of the molecule is O=C(CC(O)COCc1ccccc1)c1ccccc1. The van der Waals surface area contributed by atoms with E-state index < -0.39 is 6.10 Å². The first-order valence-electron chi connectivity index (χ1n) is 6.63. The smallest absolute Gasteiger partial charge is 0.165 e. The van der Waals surface area contributed by atoms with E-state index in [9.17, 15) is 9.90 Å². The molecular weight excluding hydrogens is 252 g/mol. The molecule has 2 aromatic carbocycles. The number of aliphatic hydroxyl groups is 1. The van der Waals surface area contributed by atoms with Crippen LogP contribution in [0.25, 0.3) is 0 Å². The lowest BCUT2D eigenvalue weighted by atomic mass is 10.1. The fourth-order valence-electron chi connectivity index (χ4n) is 1.90. The standard InChI is InChI=1S/C17H18O3/c18-16(11-17(19)15-9-5-2-6-10-15)13-20-12-14-7-3-1-4-8-14/h1-10,16,18H,11-13H2. The molecule has 20 heavy (non-hydrogen) atoms. The van der Waals surface area contributed by atoms with Crippen LogP contribution < -0.4 is 0 Å². The maximum absolute atomic E-state index is 11.9. The summed E-state index contributed by atoms with van der Waals surface area (Å²) >= 11 is 0. The van der Waals surface area contributed by atoms with Gasteiger partial charge < -0.3 is 9.84 Å². The molecule has 1 unspecified atom stereocenters. The van der Waals surface area contributed by atoms with Crippen LogP contribution in [-0.4, -0.2) is 23.6 Å². The second-order valence-corrected chi connectivity index (χ2v) is 4.65. The molecule has 3 heteroatoms. The van der Waals surface area contributed by atoms with Gasteiger partial charge in [-0.25, -0.2) is 0 Å². The number of Topliss-reactive ketones (excluding diaryl/α,β-unsaturated/α-hetero) is 1. The molecule has 2 rings (SSSR count). The predicted molar refractivity (Wildman–Crippen MR) is 77.5 cm³/mol.